The summed E-state index contributed by atoms with van der Waals surface area (Å²) < 4.78 is 24.3. The molecule has 78 valence electrons. The molecule has 0 radical (unpaired) electrons. The summed E-state index contributed by atoms with van der Waals surface area (Å²) in [6.07, 6.45) is 2.00. The van der Waals surface area contributed by atoms with Gasteiger partial charge in [-0.25, -0.2) is 13.8 Å². The van der Waals surface area contributed by atoms with E-state index >= 15 is 0 Å². The Balaban J connectivity index is 2.67. The second-order valence-corrected chi connectivity index (χ2v) is 2.69. The highest BCUT2D eigenvalue weighted by atomic mass is 19.3. The maximum Gasteiger partial charge on any atom is 0.255 e. The van der Waals surface area contributed by atoms with Gasteiger partial charge in [-0.3, -0.25) is 4.98 Å². The number of nitrogens with zero attached hydrogens (tertiary/aromatic N) is 3. The van der Waals surface area contributed by atoms with Crippen LogP contribution in [0.5, 0.6) is 0 Å². The Bertz CT molecular complexity index is 255. The maximum absolute atomic E-state index is 12.2. The Morgan fingerprint density at radius 3 is 2.71 bits per heavy atom. The predicted molar refractivity (Wildman–Crippen MR) is 49.3 cm³/mol. The molecule has 1 heterocycles. The summed E-state index contributed by atoms with van der Waals surface area (Å²) >= 11 is 0. The quantitative estimate of drug-likeness (QED) is 0.755. The normalized spacial score (nSPS) is 10.6. The van der Waals surface area contributed by atoms with E-state index in [-0.39, 0.29) is 6.54 Å². The molecule has 1 rings (SSSR count). The Morgan fingerprint density at radius 1 is 1.43 bits per heavy atom. The van der Waals surface area contributed by atoms with Crippen molar-refractivity contribution in [1.82, 2.24) is 9.97 Å². The molecule has 6 heteroatoms. The van der Waals surface area contributed by atoms with Gasteiger partial charge in [0.05, 0.1) is 12.7 Å². The van der Waals surface area contributed by atoms with Crippen molar-refractivity contribution in [2.24, 2.45) is 5.73 Å². The van der Waals surface area contributed by atoms with Gasteiger partial charge in [0.15, 0.2) is 0 Å². The number of alkyl halides is 2. The average Bonchev–Trinajstić information content (AvgIpc) is 2.18. The molecule has 0 bridgehead atoms. The van der Waals surface area contributed by atoms with Crippen molar-refractivity contribution in [3.8, 4) is 0 Å². The molecule has 0 aliphatic heterocycles. The van der Waals surface area contributed by atoms with Crippen LogP contribution in [0.4, 0.5) is 14.6 Å². The first-order chi connectivity index (χ1) is 6.74. The van der Waals surface area contributed by atoms with Gasteiger partial charge in [0.25, 0.3) is 6.43 Å². The summed E-state index contributed by atoms with van der Waals surface area (Å²) in [4.78, 5) is 9.14. The van der Waals surface area contributed by atoms with Gasteiger partial charge in [0, 0.05) is 25.5 Å². The molecule has 1 aromatic heterocycles. The van der Waals surface area contributed by atoms with Gasteiger partial charge < -0.3 is 10.6 Å². The lowest BCUT2D eigenvalue weighted by Crippen LogP contribution is -2.34. The van der Waals surface area contributed by atoms with E-state index < -0.39 is 6.43 Å². The second-order valence-electron chi connectivity index (χ2n) is 2.69. The standard InChI is InChI=1S/C8H12F2N4/c9-7(10)6-14(4-1-11)8-5-12-2-3-13-8/h2-3,5,7H,1,4,6,11H2. The maximum atomic E-state index is 12.2. The zero-order valence-electron chi connectivity index (χ0n) is 7.61. The van der Waals surface area contributed by atoms with Gasteiger partial charge in [0.1, 0.15) is 5.82 Å². The number of nitrogens with two attached hydrogens (primary N) is 1. The molecule has 0 saturated carbocycles. The fourth-order valence-electron chi connectivity index (χ4n) is 1.08. The van der Waals surface area contributed by atoms with Gasteiger partial charge >= 0.3 is 0 Å². The van der Waals surface area contributed by atoms with E-state index in [2.05, 4.69) is 9.97 Å². The minimum Gasteiger partial charge on any atom is -0.348 e. The van der Waals surface area contributed by atoms with E-state index in [1.165, 1.54) is 23.5 Å². The van der Waals surface area contributed by atoms with Crippen molar-refractivity contribution >= 4 is 5.82 Å². The zero-order valence-corrected chi connectivity index (χ0v) is 7.61. The first kappa shape index (κ1) is 10.8. The Labute approximate surface area is 80.8 Å². The van der Waals surface area contributed by atoms with Crippen molar-refractivity contribution in [3.63, 3.8) is 0 Å². The molecule has 0 fully saturated rings. The zero-order chi connectivity index (χ0) is 10.4. The summed E-state index contributed by atoms with van der Waals surface area (Å²) in [6.45, 7) is 0.294. The van der Waals surface area contributed by atoms with Crippen molar-refractivity contribution in [2.45, 2.75) is 6.43 Å². The van der Waals surface area contributed by atoms with Crippen LogP contribution in [-0.4, -0.2) is 36.0 Å². The highest BCUT2D eigenvalue weighted by Gasteiger charge is 2.12. The number of hydrogen-bond acceptors (Lipinski definition) is 4. The smallest absolute Gasteiger partial charge is 0.255 e. The van der Waals surface area contributed by atoms with E-state index in [1.54, 1.807) is 0 Å². The number of anilines is 1. The lowest BCUT2D eigenvalue weighted by Gasteiger charge is -2.21. The number of aromatic nitrogens is 2. The molecule has 14 heavy (non-hydrogen) atoms. The molecule has 0 spiro atoms. The van der Waals surface area contributed by atoms with Crippen LogP contribution in [-0.2, 0) is 0 Å². The highest BCUT2D eigenvalue weighted by molar-refractivity contribution is 5.34. The Hall–Kier alpha value is -1.30. The molecule has 0 amide bonds. The third kappa shape index (κ3) is 3.21. The molecule has 1 aromatic rings. The number of hydrogen-bond donors (Lipinski definition) is 1. The molecular formula is C8H12F2N4. The molecular weight excluding hydrogens is 190 g/mol. The van der Waals surface area contributed by atoms with Crippen molar-refractivity contribution in [2.75, 3.05) is 24.5 Å². The van der Waals surface area contributed by atoms with E-state index in [0.717, 1.165) is 0 Å². The van der Waals surface area contributed by atoms with Gasteiger partial charge in [-0.05, 0) is 0 Å². The summed E-state index contributed by atoms with van der Waals surface area (Å²) in [5, 5.41) is 0. The van der Waals surface area contributed by atoms with Gasteiger partial charge in [-0.1, -0.05) is 0 Å². The van der Waals surface area contributed by atoms with Crippen molar-refractivity contribution in [1.29, 1.82) is 0 Å². The van der Waals surface area contributed by atoms with Gasteiger partial charge in [0.2, 0.25) is 0 Å². The fraction of sp³-hybridized carbons (Fsp3) is 0.500. The number of halogens is 2. The van der Waals surface area contributed by atoms with Crippen LogP contribution in [0.15, 0.2) is 18.6 Å². The number of rotatable bonds is 5. The predicted octanol–water partition coefficient (Wildman–Crippen LogP) is 0.507. The third-order valence-corrected chi connectivity index (χ3v) is 1.63. The Morgan fingerprint density at radius 2 is 2.21 bits per heavy atom. The van der Waals surface area contributed by atoms with Crippen LogP contribution in [0.25, 0.3) is 0 Å². The van der Waals surface area contributed by atoms with Crippen LogP contribution in [0.1, 0.15) is 0 Å². The van der Waals surface area contributed by atoms with Crippen LogP contribution in [0, 0.1) is 0 Å². The molecule has 0 unspecified atom stereocenters. The molecule has 2 N–H and O–H groups in total. The fourth-order valence-corrected chi connectivity index (χ4v) is 1.08. The molecule has 0 aromatic carbocycles. The topological polar surface area (TPSA) is 55.0 Å². The van der Waals surface area contributed by atoms with Crippen LogP contribution < -0.4 is 10.6 Å². The van der Waals surface area contributed by atoms with E-state index in [1.807, 2.05) is 0 Å². The van der Waals surface area contributed by atoms with E-state index in [0.29, 0.717) is 18.9 Å². The minimum absolute atomic E-state index is 0.309. The molecule has 0 aliphatic carbocycles. The van der Waals surface area contributed by atoms with Crippen molar-refractivity contribution in [3.05, 3.63) is 18.6 Å². The molecule has 0 aliphatic rings. The first-order valence-electron chi connectivity index (χ1n) is 4.23. The van der Waals surface area contributed by atoms with Gasteiger partial charge in [-0.2, -0.15) is 0 Å². The second kappa shape index (κ2) is 5.43. The summed E-state index contributed by atoms with van der Waals surface area (Å²) in [5.74, 6) is 0.429. The molecule has 0 atom stereocenters. The van der Waals surface area contributed by atoms with Crippen molar-refractivity contribution < 1.29 is 8.78 Å². The molecule has 4 nitrogen and oxygen atoms in total. The summed E-state index contributed by atoms with van der Waals surface area (Å²) in [6, 6.07) is 0. The average molecular weight is 202 g/mol. The van der Waals surface area contributed by atoms with Crippen LogP contribution in [0.3, 0.4) is 0 Å². The summed E-state index contributed by atoms with van der Waals surface area (Å²) in [5.41, 5.74) is 5.31. The van der Waals surface area contributed by atoms with Crippen LogP contribution >= 0.6 is 0 Å². The molecule has 0 saturated heterocycles. The van der Waals surface area contributed by atoms with E-state index in [4.69, 9.17) is 5.73 Å². The minimum atomic E-state index is -2.40. The monoisotopic (exact) mass is 202 g/mol. The SMILES string of the molecule is NCCN(CC(F)F)c1cnccn1. The largest absolute Gasteiger partial charge is 0.348 e. The lowest BCUT2D eigenvalue weighted by molar-refractivity contribution is 0.154. The Kier molecular flexibility index (Phi) is 4.18. The lowest BCUT2D eigenvalue weighted by atomic mass is 10.4. The third-order valence-electron chi connectivity index (χ3n) is 1.63. The van der Waals surface area contributed by atoms with Gasteiger partial charge in [-0.15, -0.1) is 0 Å². The highest BCUT2D eigenvalue weighted by Crippen LogP contribution is 2.09. The van der Waals surface area contributed by atoms with E-state index in [9.17, 15) is 8.78 Å². The summed E-state index contributed by atoms with van der Waals surface area (Å²) in [7, 11) is 0. The first-order valence-corrected chi connectivity index (χ1v) is 4.23. The van der Waals surface area contributed by atoms with Crippen LogP contribution in [0.2, 0.25) is 0 Å².